The van der Waals surface area contributed by atoms with Crippen molar-refractivity contribution in [3.8, 4) is 11.3 Å². The van der Waals surface area contributed by atoms with E-state index in [0.717, 1.165) is 34.9 Å². The van der Waals surface area contributed by atoms with E-state index in [-0.39, 0.29) is 0 Å². The van der Waals surface area contributed by atoms with Gasteiger partial charge in [0, 0.05) is 23.4 Å². The van der Waals surface area contributed by atoms with Gasteiger partial charge in [-0.3, -0.25) is 0 Å². The molecule has 0 atom stereocenters. The van der Waals surface area contributed by atoms with Crippen molar-refractivity contribution in [2.45, 2.75) is 20.3 Å². The van der Waals surface area contributed by atoms with Crippen molar-refractivity contribution in [3.05, 3.63) is 35.8 Å². The lowest BCUT2D eigenvalue weighted by molar-refractivity contribution is 0.982. The van der Waals surface area contributed by atoms with Crippen LogP contribution in [0.2, 0.25) is 0 Å². The second kappa shape index (κ2) is 3.77. The van der Waals surface area contributed by atoms with E-state index in [9.17, 15) is 0 Å². The molecule has 78 valence electrons. The minimum Gasteiger partial charge on any atom is -0.399 e. The summed E-state index contributed by atoms with van der Waals surface area (Å²) in [6.07, 6.45) is 0.920. The molecule has 1 heterocycles. The maximum absolute atomic E-state index is 5.75. The van der Waals surface area contributed by atoms with Crippen LogP contribution in [-0.4, -0.2) is 9.97 Å². The van der Waals surface area contributed by atoms with Crippen LogP contribution in [0.25, 0.3) is 11.3 Å². The Bertz CT molecular complexity index is 471. The number of aromatic amines is 1. The summed E-state index contributed by atoms with van der Waals surface area (Å²) in [6, 6.07) is 7.80. The van der Waals surface area contributed by atoms with Crippen molar-refractivity contribution in [1.29, 1.82) is 0 Å². The molecule has 0 fully saturated rings. The van der Waals surface area contributed by atoms with Crippen LogP contribution in [0.4, 0.5) is 5.69 Å². The van der Waals surface area contributed by atoms with Crippen LogP contribution in [0.5, 0.6) is 0 Å². The van der Waals surface area contributed by atoms with Gasteiger partial charge in [0.1, 0.15) is 5.82 Å². The Morgan fingerprint density at radius 3 is 2.80 bits per heavy atom. The average molecular weight is 201 g/mol. The Hall–Kier alpha value is -1.77. The molecule has 0 saturated carbocycles. The molecule has 0 unspecified atom stereocenters. The summed E-state index contributed by atoms with van der Waals surface area (Å²) < 4.78 is 0. The summed E-state index contributed by atoms with van der Waals surface area (Å²) in [7, 11) is 0. The Kier molecular flexibility index (Phi) is 2.46. The van der Waals surface area contributed by atoms with Crippen molar-refractivity contribution in [1.82, 2.24) is 9.97 Å². The Morgan fingerprint density at radius 1 is 1.40 bits per heavy atom. The highest BCUT2D eigenvalue weighted by atomic mass is 14.9. The first kappa shape index (κ1) is 9.77. The highest BCUT2D eigenvalue weighted by Crippen LogP contribution is 2.22. The van der Waals surface area contributed by atoms with Crippen LogP contribution in [0.3, 0.4) is 0 Å². The zero-order valence-electron chi connectivity index (χ0n) is 9.04. The van der Waals surface area contributed by atoms with Gasteiger partial charge >= 0.3 is 0 Å². The summed E-state index contributed by atoms with van der Waals surface area (Å²) in [6.45, 7) is 4.12. The number of rotatable bonds is 2. The summed E-state index contributed by atoms with van der Waals surface area (Å²) >= 11 is 0. The number of hydrogen-bond acceptors (Lipinski definition) is 2. The number of aromatic nitrogens is 2. The second-order valence-corrected chi connectivity index (χ2v) is 3.64. The zero-order valence-corrected chi connectivity index (χ0v) is 9.04. The molecule has 0 bridgehead atoms. The van der Waals surface area contributed by atoms with Gasteiger partial charge in [-0.15, -0.1) is 0 Å². The van der Waals surface area contributed by atoms with Crippen molar-refractivity contribution < 1.29 is 0 Å². The van der Waals surface area contributed by atoms with Crippen molar-refractivity contribution in [2.24, 2.45) is 0 Å². The van der Waals surface area contributed by atoms with E-state index in [1.165, 1.54) is 0 Å². The van der Waals surface area contributed by atoms with Crippen molar-refractivity contribution in [3.63, 3.8) is 0 Å². The summed E-state index contributed by atoms with van der Waals surface area (Å²) in [4.78, 5) is 7.79. The molecule has 0 aliphatic heterocycles. The third-order valence-electron chi connectivity index (χ3n) is 2.43. The number of hydrogen-bond donors (Lipinski definition) is 2. The normalized spacial score (nSPS) is 10.5. The molecule has 0 aliphatic carbocycles. The molecule has 0 saturated heterocycles. The van der Waals surface area contributed by atoms with Gasteiger partial charge in [-0.2, -0.15) is 0 Å². The fourth-order valence-electron chi connectivity index (χ4n) is 1.66. The molecule has 1 aromatic heterocycles. The lowest BCUT2D eigenvalue weighted by Gasteiger charge is -1.99. The molecule has 1 aromatic carbocycles. The highest BCUT2D eigenvalue weighted by molar-refractivity contribution is 5.66. The first-order valence-corrected chi connectivity index (χ1v) is 5.12. The summed E-state index contributed by atoms with van der Waals surface area (Å²) in [5.74, 6) is 1.02. The topological polar surface area (TPSA) is 54.7 Å². The van der Waals surface area contributed by atoms with Gasteiger partial charge in [-0.1, -0.05) is 19.1 Å². The van der Waals surface area contributed by atoms with E-state index in [1.54, 1.807) is 0 Å². The maximum Gasteiger partial charge on any atom is 0.106 e. The van der Waals surface area contributed by atoms with E-state index in [0.29, 0.717) is 0 Å². The number of nitrogens with one attached hydrogen (secondary N) is 1. The third-order valence-corrected chi connectivity index (χ3v) is 2.43. The van der Waals surface area contributed by atoms with Gasteiger partial charge < -0.3 is 10.7 Å². The number of nitrogens with two attached hydrogens (primary N) is 1. The molecular weight excluding hydrogens is 186 g/mol. The SMILES string of the molecule is CCc1nc(-c2cccc(N)c2)c(C)[nH]1. The first-order chi connectivity index (χ1) is 7.20. The molecule has 0 aliphatic rings. The van der Waals surface area contributed by atoms with Crippen LogP contribution >= 0.6 is 0 Å². The fraction of sp³-hybridized carbons (Fsp3) is 0.250. The summed E-state index contributed by atoms with van der Waals surface area (Å²) in [5.41, 5.74) is 9.69. The van der Waals surface area contributed by atoms with Gasteiger partial charge in [-0.05, 0) is 19.1 Å². The molecule has 3 nitrogen and oxygen atoms in total. The molecule has 3 N–H and O–H groups in total. The number of H-pyrrole nitrogens is 1. The highest BCUT2D eigenvalue weighted by Gasteiger charge is 2.07. The quantitative estimate of drug-likeness (QED) is 0.733. The molecule has 2 rings (SSSR count). The zero-order chi connectivity index (χ0) is 10.8. The third kappa shape index (κ3) is 1.86. The maximum atomic E-state index is 5.75. The Balaban J connectivity index is 2.48. The van der Waals surface area contributed by atoms with Crippen molar-refractivity contribution in [2.75, 3.05) is 5.73 Å². The minimum absolute atomic E-state index is 0.771. The molecule has 0 spiro atoms. The monoisotopic (exact) mass is 201 g/mol. The second-order valence-electron chi connectivity index (χ2n) is 3.64. The molecular formula is C12H15N3. The van der Waals surface area contributed by atoms with Crippen LogP contribution in [0.15, 0.2) is 24.3 Å². The van der Waals surface area contributed by atoms with Gasteiger partial charge in [0.25, 0.3) is 0 Å². The van der Waals surface area contributed by atoms with Crippen molar-refractivity contribution >= 4 is 5.69 Å². The van der Waals surface area contributed by atoms with Crippen LogP contribution < -0.4 is 5.73 Å². The fourth-order valence-corrected chi connectivity index (χ4v) is 1.66. The number of benzene rings is 1. The molecule has 0 radical (unpaired) electrons. The molecule has 2 aromatic rings. The minimum atomic E-state index is 0.771. The standard InChI is InChI=1S/C12H15N3/c1-3-11-14-8(2)12(15-11)9-5-4-6-10(13)7-9/h4-7H,3,13H2,1-2H3,(H,14,15). The van der Waals surface area contributed by atoms with Crippen LogP contribution in [0.1, 0.15) is 18.4 Å². The van der Waals surface area contributed by atoms with E-state index in [2.05, 4.69) is 16.9 Å². The van der Waals surface area contributed by atoms with E-state index >= 15 is 0 Å². The lowest BCUT2D eigenvalue weighted by Crippen LogP contribution is -1.86. The summed E-state index contributed by atoms with van der Waals surface area (Å²) in [5, 5.41) is 0. The number of nitrogens with zero attached hydrogens (tertiary/aromatic N) is 1. The average Bonchev–Trinajstić information content (AvgIpc) is 2.60. The number of nitrogen functional groups attached to an aromatic ring is 1. The molecule has 15 heavy (non-hydrogen) atoms. The number of anilines is 1. The first-order valence-electron chi connectivity index (χ1n) is 5.12. The van der Waals surface area contributed by atoms with Gasteiger partial charge in [-0.25, -0.2) is 4.98 Å². The van der Waals surface area contributed by atoms with Gasteiger partial charge in [0.15, 0.2) is 0 Å². The Labute approximate surface area is 89.4 Å². The van der Waals surface area contributed by atoms with E-state index < -0.39 is 0 Å². The molecule has 3 heteroatoms. The van der Waals surface area contributed by atoms with E-state index in [1.807, 2.05) is 31.2 Å². The van der Waals surface area contributed by atoms with Crippen LogP contribution in [0, 0.1) is 6.92 Å². The predicted molar refractivity (Wildman–Crippen MR) is 62.6 cm³/mol. The lowest BCUT2D eigenvalue weighted by atomic mass is 10.1. The largest absolute Gasteiger partial charge is 0.399 e. The smallest absolute Gasteiger partial charge is 0.106 e. The number of aryl methyl sites for hydroxylation is 2. The van der Waals surface area contributed by atoms with Gasteiger partial charge in [0.2, 0.25) is 0 Å². The van der Waals surface area contributed by atoms with Gasteiger partial charge in [0.05, 0.1) is 5.69 Å². The molecule has 0 amide bonds. The van der Waals surface area contributed by atoms with Crippen LogP contribution in [-0.2, 0) is 6.42 Å². The Morgan fingerprint density at radius 2 is 2.20 bits per heavy atom. The van der Waals surface area contributed by atoms with E-state index in [4.69, 9.17) is 5.73 Å². The predicted octanol–water partition coefficient (Wildman–Crippen LogP) is 2.53. The number of imidazole rings is 1.